The molecule has 0 bridgehead atoms. The molecule has 0 heterocycles. The number of hydrogen-bond acceptors (Lipinski definition) is 5. The van der Waals surface area contributed by atoms with Crippen LogP contribution in [-0.2, 0) is 27.2 Å². The molecule has 1 atom stereocenters. The molecule has 0 saturated carbocycles. The quantitative estimate of drug-likeness (QED) is 0.682. The molecule has 0 spiro atoms. The summed E-state index contributed by atoms with van der Waals surface area (Å²) >= 11 is 0. The molecule has 3 N–H and O–H groups in total. The molecule has 0 aliphatic heterocycles. The molecule has 28 heavy (non-hydrogen) atoms. The van der Waals surface area contributed by atoms with Gasteiger partial charge in [0.1, 0.15) is 17.2 Å². The van der Waals surface area contributed by atoms with E-state index in [1.54, 1.807) is 65.8 Å². The highest BCUT2D eigenvalue weighted by atomic mass is 16.6. The maximum Gasteiger partial charge on any atom is 0.408 e. The third-order valence-corrected chi connectivity index (χ3v) is 3.29. The molecule has 0 saturated heterocycles. The van der Waals surface area contributed by atoms with Crippen LogP contribution in [0.25, 0.3) is 0 Å². The van der Waals surface area contributed by atoms with Gasteiger partial charge in [-0.2, -0.15) is 0 Å². The molecule has 2 amide bonds. The third-order valence-electron chi connectivity index (χ3n) is 3.29. The fraction of sp³-hybridized carbons (Fsp3) is 0.550. The standard InChI is InChI=1S/C20H30N2O6/c1-19(2,3)27-17(25)21-12-14-9-7-13(8-10-14)11-15(16(23)24)22-18(26)28-20(4,5)6/h7-10,15H,11-12H2,1-6H3,(H,21,25)(H,22,26)(H,23,24)/t15-/m0/s1. The van der Waals surface area contributed by atoms with Crippen LogP contribution in [0.2, 0.25) is 0 Å². The first-order valence-electron chi connectivity index (χ1n) is 9.02. The van der Waals surface area contributed by atoms with Gasteiger partial charge in [-0.25, -0.2) is 14.4 Å². The number of aliphatic carboxylic acids is 1. The Morgan fingerprint density at radius 1 is 0.893 bits per heavy atom. The van der Waals surface area contributed by atoms with Gasteiger partial charge in [0.15, 0.2) is 0 Å². The molecule has 0 aliphatic rings. The van der Waals surface area contributed by atoms with E-state index in [0.717, 1.165) is 11.1 Å². The minimum absolute atomic E-state index is 0.106. The van der Waals surface area contributed by atoms with Crippen LogP contribution >= 0.6 is 0 Å². The zero-order valence-electron chi connectivity index (χ0n) is 17.3. The molecular weight excluding hydrogens is 364 g/mol. The minimum Gasteiger partial charge on any atom is -0.480 e. The topological polar surface area (TPSA) is 114 Å². The summed E-state index contributed by atoms with van der Waals surface area (Å²) in [5.74, 6) is -1.15. The highest BCUT2D eigenvalue weighted by Crippen LogP contribution is 2.11. The SMILES string of the molecule is CC(C)(C)OC(=O)NCc1ccc(C[C@H](NC(=O)OC(C)(C)C)C(=O)O)cc1. The number of amides is 2. The Bertz CT molecular complexity index is 686. The molecule has 0 aromatic heterocycles. The smallest absolute Gasteiger partial charge is 0.408 e. The monoisotopic (exact) mass is 394 g/mol. The van der Waals surface area contributed by atoms with Crippen LogP contribution in [0.1, 0.15) is 52.7 Å². The van der Waals surface area contributed by atoms with Crippen molar-refractivity contribution in [2.45, 2.75) is 71.8 Å². The first kappa shape index (κ1) is 23.3. The van der Waals surface area contributed by atoms with Crippen LogP contribution in [-0.4, -0.2) is 40.5 Å². The van der Waals surface area contributed by atoms with Gasteiger partial charge in [0.2, 0.25) is 0 Å². The molecule has 156 valence electrons. The molecule has 0 aliphatic carbocycles. The maximum atomic E-state index is 11.8. The molecule has 8 heteroatoms. The van der Waals surface area contributed by atoms with Crippen LogP contribution in [0, 0.1) is 0 Å². The first-order chi connectivity index (χ1) is 12.7. The van der Waals surface area contributed by atoms with Gasteiger partial charge in [0.05, 0.1) is 0 Å². The number of rotatable bonds is 6. The van der Waals surface area contributed by atoms with E-state index >= 15 is 0 Å². The Hall–Kier alpha value is -2.77. The second-order valence-electron chi connectivity index (χ2n) is 8.41. The number of carbonyl (C=O) groups is 3. The van der Waals surface area contributed by atoms with Gasteiger partial charge in [-0.05, 0) is 52.7 Å². The predicted molar refractivity (Wildman–Crippen MR) is 104 cm³/mol. The van der Waals surface area contributed by atoms with Gasteiger partial charge < -0.3 is 25.2 Å². The summed E-state index contributed by atoms with van der Waals surface area (Å²) in [6.45, 7) is 10.7. The number of carboxylic acid groups (broad SMARTS) is 1. The fourth-order valence-electron chi connectivity index (χ4n) is 2.17. The Morgan fingerprint density at radius 2 is 1.36 bits per heavy atom. The lowest BCUT2D eigenvalue weighted by Gasteiger charge is -2.22. The second kappa shape index (κ2) is 9.43. The number of ether oxygens (including phenoxy) is 2. The number of carboxylic acids is 1. The molecule has 0 unspecified atom stereocenters. The number of alkyl carbamates (subject to hydrolysis) is 2. The number of nitrogens with one attached hydrogen (secondary N) is 2. The molecule has 0 fully saturated rings. The van der Waals surface area contributed by atoms with Crippen molar-refractivity contribution in [2.75, 3.05) is 0 Å². The van der Waals surface area contributed by atoms with Gasteiger partial charge in [0.25, 0.3) is 0 Å². The second-order valence-corrected chi connectivity index (χ2v) is 8.41. The van der Waals surface area contributed by atoms with Crippen molar-refractivity contribution < 1.29 is 29.0 Å². The van der Waals surface area contributed by atoms with Gasteiger partial charge in [-0.15, -0.1) is 0 Å². The Kier molecular flexibility index (Phi) is 7.84. The van der Waals surface area contributed by atoms with Gasteiger partial charge in [-0.1, -0.05) is 24.3 Å². The van der Waals surface area contributed by atoms with E-state index in [0.29, 0.717) is 0 Å². The van der Waals surface area contributed by atoms with Crippen molar-refractivity contribution in [3.8, 4) is 0 Å². The zero-order valence-corrected chi connectivity index (χ0v) is 17.3. The van der Waals surface area contributed by atoms with Gasteiger partial charge >= 0.3 is 18.2 Å². The van der Waals surface area contributed by atoms with E-state index in [2.05, 4.69) is 10.6 Å². The van der Waals surface area contributed by atoms with E-state index in [1.165, 1.54) is 0 Å². The molecule has 0 radical (unpaired) electrons. The lowest BCUT2D eigenvalue weighted by atomic mass is 10.0. The largest absolute Gasteiger partial charge is 0.480 e. The molecule has 1 aromatic rings. The van der Waals surface area contributed by atoms with Crippen molar-refractivity contribution in [1.82, 2.24) is 10.6 Å². The Morgan fingerprint density at radius 3 is 1.82 bits per heavy atom. The van der Waals surface area contributed by atoms with E-state index in [9.17, 15) is 19.5 Å². The van der Waals surface area contributed by atoms with Gasteiger partial charge in [0, 0.05) is 13.0 Å². The van der Waals surface area contributed by atoms with E-state index in [-0.39, 0.29) is 13.0 Å². The minimum atomic E-state index is -1.15. The Balaban J connectivity index is 2.62. The van der Waals surface area contributed by atoms with E-state index in [4.69, 9.17) is 9.47 Å². The average molecular weight is 394 g/mol. The summed E-state index contributed by atoms with van der Waals surface area (Å²) in [5.41, 5.74) is 0.280. The first-order valence-corrected chi connectivity index (χ1v) is 9.02. The van der Waals surface area contributed by atoms with Crippen molar-refractivity contribution >= 4 is 18.2 Å². The lowest BCUT2D eigenvalue weighted by molar-refractivity contribution is -0.139. The average Bonchev–Trinajstić information content (AvgIpc) is 2.50. The number of hydrogen-bond donors (Lipinski definition) is 3. The summed E-state index contributed by atoms with van der Waals surface area (Å²) in [5, 5.41) is 14.4. The van der Waals surface area contributed by atoms with E-state index in [1.807, 2.05) is 0 Å². The Labute approximate surface area is 165 Å². The summed E-state index contributed by atoms with van der Waals surface area (Å²) in [7, 11) is 0. The van der Waals surface area contributed by atoms with Crippen molar-refractivity contribution in [1.29, 1.82) is 0 Å². The summed E-state index contributed by atoms with van der Waals surface area (Å²) in [4.78, 5) is 34.9. The normalized spacial score (nSPS) is 12.6. The summed E-state index contributed by atoms with van der Waals surface area (Å²) in [6, 6.07) is 5.94. The molecule has 1 rings (SSSR count). The maximum absolute atomic E-state index is 11.8. The van der Waals surface area contributed by atoms with E-state index < -0.39 is 35.4 Å². The molecular formula is C20H30N2O6. The predicted octanol–water partition coefficient (Wildman–Crippen LogP) is 3.23. The van der Waals surface area contributed by atoms with Crippen molar-refractivity contribution in [2.24, 2.45) is 0 Å². The van der Waals surface area contributed by atoms with Crippen molar-refractivity contribution in [3.05, 3.63) is 35.4 Å². The van der Waals surface area contributed by atoms with Crippen LogP contribution < -0.4 is 10.6 Å². The van der Waals surface area contributed by atoms with Crippen LogP contribution in [0.15, 0.2) is 24.3 Å². The number of carbonyl (C=O) groups excluding carboxylic acids is 2. The summed E-state index contributed by atoms with van der Waals surface area (Å²) in [6.07, 6.45) is -1.18. The van der Waals surface area contributed by atoms with Crippen LogP contribution in [0.5, 0.6) is 0 Å². The van der Waals surface area contributed by atoms with Crippen molar-refractivity contribution in [3.63, 3.8) is 0 Å². The summed E-state index contributed by atoms with van der Waals surface area (Å²) < 4.78 is 10.3. The lowest BCUT2D eigenvalue weighted by Crippen LogP contribution is -2.44. The molecule has 8 nitrogen and oxygen atoms in total. The van der Waals surface area contributed by atoms with Crippen LogP contribution in [0.3, 0.4) is 0 Å². The highest BCUT2D eigenvalue weighted by Gasteiger charge is 2.24. The fourth-order valence-corrected chi connectivity index (χ4v) is 2.17. The highest BCUT2D eigenvalue weighted by molar-refractivity contribution is 5.80. The number of benzene rings is 1. The van der Waals surface area contributed by atoms with Gasteiger partial charge in [-0.3, -0.25) is 0 Å². The zero-order chi connectivity index (χ0) is 21.5. The van der Waals surface area contributed by atoms with Crippen LogP contribution in [0.4, 0.5) is 9.59 Å². The third kappa shape index (κ3) is 9.80. The molecule has 1 aromatic carbocycles.